The summed E-state index contributed by atoms with van der Waals surface area (Å²) < 4.78 is 56.5. The van der Waals surface area contributed by atoms with E-state index in [9.17, 15) is 41.8 Å². The second-order valence-electron chi connectivity index (χ2n) is 18.0. The van der Waals surface area contributed by atoms with Crippen LogP contribution in [0, 0.1) is 17.2 Å². The molecule has 0 radical (unpaired) electrons. The van der Waals surface area contributed by atoms with E-state index in [0.29, 0.717) is 35.7 Å². The van der Waals surface area contributed by atoms with Crippen LogP contribution in [0.25, 0.3) is 10.9 Å². The molecule has 1 aliphatic carbocycles. The number of pyridine rings is 1. The number of nitrogens with one attached hydrogen (secondary N) is 2. The van der Waals surface area contributed by atoms with Crippen molar-refractivity contribution < 1.29 is 41.8 Å². The van der Waals surface area contributed by atoms with Gasteiger partial charge in [-0.1, -0.05) is 6.07 Å². The summed E-state index contributed by atoms with van der Waals surface area (Å²) in [5, 5.41) is 21.4. The number of fused-ring (bicyclic) bond motifs is 1. The number of hydrogen-bond donors (Lipinski definition) is 3. The van der Waals surface area contributed by atoms with Crippen LogP contribution in [-0.2, 0) is 16.6 Å². The summed E-state index contributed by atoms with van der Waals surface area (Å²) in [6.07, 6.45) is 6.70. The Balaban J connectivity index is 0.804. The highest BCUT2D eigenvalue weighted by Crippen LogP contribution is 2.47. The van der Waals surface area contributed by atoms with E-state index in [0.717, 1.165) is 94.9 Å². The number of aliphatic hydroxyl groups is 1. The van der Waals surface area contributed by atoms with E-state index >= 15 is 0 Å². The number of aromatic nitrogens is 3. The van der Waals surface area contributed by atoms with Crippen LogP contribution in [0.4, 0.5) is 33.7 Å². The van der Waals surface area contributed by atoms with Gasteiger partial charge in [0.05, 0.1) is 22.8 Å². The minimum Gasteiger partial charge on any atom is -0.386 e. The number of amides is 5. The van der Waals surface area contributed by atoms with E-state index in [2.05, 4.69) is 20.5 Å². The summed E-state index contributed by atoms with van der Waals surface area (Å²) >= 11 is 0. The molecule has 0 unspecified atom stereocenters. The SMILES string of the molecule is CC(C)(O)c1cc2nn(C3CCN(CCC4CCC5(CC4)CCN(C(=O)c4ccc(F)c(N6CCC(=O)NC6=O)c4)CC5)CC3)cc2cc1NC(=O)c1cccc(C(F)(F)F)n1. The monoisotopic (exact) mass is 860 g/mol. The molecule has 1 spiro atoms. The van der Waals surface area contributed by atoms with E-state index in [1.54, 1.807) is 26.0 Å². The van der Waals surface area contributed by atoms with Crippen molar-refractivity contribution >= 4 is 46.0 Å². The number of benzene rings is 2. The summed E-state index contributed by atoms with van der Waals surface area (Å²) in [6.45, 7) is 7.35. The van der Waals surface area contributed by atoms with Crippen LogP contribution in [0.1, 0.15) is 116 Å². The molecule has 17 heteroatoms. The Morgan fingerprint density at radius 2 is 1.66 bits per heavy atom. The first-order chi connectivity index (χ1) is 29.4. The molecule has 0 bridgehead atoms. The number of piperidine rings is 2. The summed E-state index contributed by atoms with van der Waals surface area (Å²) in [6, 6.07) is 10.1. The lowest BCUT2D eigenvalue weighted by molar-refractivity contribution is -0.141. The molecule has 4 fully saturated rings. The van der Waals surface area contributed by atoms with Crippen molar-refractivity contribution in [2.24, 2.45) is 11.3 Å². The highest BCUT2D eigenvalue weighted by molar-refractivity contribution is 6.06. The van der Waals surface area contributed by atoms with Crippen molar-refractivity contribution in [2.45, 2.75) is 95.9 Å². The molecular formula is C45H52F4N8O5. The molecular weight excluding hydrogens is 809 g/mol. The van der Waals surface area contributed by atoms with Gasteiger partial charge in [0.25, 0.3) is 11.8 Å². The Morgan fingerprint density at radius 1 is 0.935 bits per heavy atom. The minimum atomic E-state index is -4.70. The molecule has 13 nitrogen and oxygen atoms in total. The van der Waals surface area contributed by atoms with E-state index in [-0.39, 0.29) is 41.7 Å². The number of carbonyl (C=O) groups excluding carboxylic acids is 4. The highest BCUT2D eigenvalue weighted by Gasteiger charge is 2.40. The first kappa shape index (κ1) is 43.2. The van der Waals surface area contributed by atoms with Crippen LogP contribution >= 0.6 is 0 Å². The standard InChI is InChI=1S/C45H52F4N8O5/c1-43(2,62)32-26-35-30(24-36(32)51-40(59)34-4-3-5-38(50-34)45(47,48)49)27-57(53-35)31-11-19-54(20-12-31)18-10-28-8-14-44(15-9-28)16-22-55(23-17-44)41(60)29-6-7-33(46)37(25-29)56-21-13-39(58)52-42(56)61/h3-7,24-28,31,62H,8-23H2,1-2H3,(H,51,59)(H,52,58,61). The summed E-state index contributed by atoms with van der Waals surface area (Å²) in [4.78, 5) is 59.5. The van der Waals surface area contributed by atoms with E-state index in [1.165, 1.54) is 29.2 Å². The number of anilines is 2. The number of likely N-dealkylation sites (tertiary alicyclic amines) is 2. The van der Waals surface area contributed by atoms with Crippen molar-refractivity contribution in [3.8, 4) is 0 Å². The topological polar surface area (TPSA) is 153 Å². The average molecular weight is 861 g/mol. The fraction of sp³-hybridized carbons (Fsp3) is 0.511. The van der Waals surface area contributed by atoms with E-state index in [4.69, 9.17) is 5.10 Å². The Hall–Kier alpha value is -5.42. The molecule has 3 saturated heterocycles. The van der Waals surface area contributed by atoms with Crippen molar-refractivity contribution in [2.75, 3.05) is 49.5 Å². The van der Waals surface area contributed by atoms with Crippen molar-refractivity contribution in [3.05, 3.63) is 83.1 Å². The molecule has 5 heterocycles. The fourth-order valence-corrected chi connectivity index (χ4v) is 9.66. The van der Waals surface area contributed by atoms with Gasteiger partial charge < -0.3 is 20.2 Å². The Morgan fingerprint density at radius 3 is 2.34 bits per heavy atom. The molecule has 5 amide bonds. The van der Waals surface area contributed by atoms with Gasteiger partial charge in [-0.15, -0.1) is 0 Å². The maximum absolute atomic E-state index is 14.7. The number of imide groups is 1. The molecule has 1 saturated carbocycles. The number of alkyl halides is 3. The largest absolute Gasteiger partial charge is 0.433 e. The third-order valence-electron chi connectivity index (χ3n) is 13.4. The number of rotatable bonds is 9. The fourth-order valence-electron chi connectivity index (χ4n) is 9.66. The molecule has 2 aromatic carbocycles. The lowest BCUT2D eigenvalue weighted by Gasteiger charge is -2.46. The molecule has 3 N–H and O–H groups in total. The van der Waals surface area contributed by atoms with Crippen molar-refractivity contribution in [1.82, 2.24) is 29.9 Å². The van der Waals surface area contributed by atoms with Gasteiger partial charge in [-0.05, 0) is 132 Å². The first-order valence-electron chi connectivity index (χ1n) is 21.5. The van der Waals surface area contributed by atoms with Gasteiger partial charge in [0.2, 0.25) is 5.91 Å². The van der Waals surface area contributed by atoms with E-state index in [1.807, 2.05) is 15.8 Å². The lowest BCUT2D eigenvalue weighted by atomic mass is 9.65. The van der Waals surface area contributed by atoms with Crippen LogP contribution in [0.3, 0.4) is 0 Å². The van der Waals surface area contributed by atoms with Crippen LogP contribution in [0.15, 0.2) is 54.7 Å². The highest BCUT2D eigenvalue weighted by atomic mass is 19.4. The molecule has 3 aliphatic heterocycles. The maximum atomic E-state index is 14.7. The van der Waals surface area contributed by atoms with Gasteiger partial charge >= 0.3 is 12.2 Å². The lowest BCUT2D eigenvalue weighted by Crippen LogP contribution is -2.50. The van der Waals surface area contributed by atoms with Crippen LogP contribution < -0.4 is 15.5 Å². The molecule has 8 rings (SSSR count). The molecule has 4 aliphatic rings. The second-order valence-corrected chi connectivity index (χ2v) is 18.0. The number of hydrogen-bond acceptors (Lipinski definition) is 8. The smallest absolute Gasteiger partial charge is 0.386 e. The zero-order valence-corrected chi connectivity index (χ0v) is 34.9. The number of carbonyl (C=O) groups is 4. The predicted molar refractivity (Wildman–Crippen MR) is 223 cm³/mol. The molecule has 2 aromatic heterocycles. The third kappa shape index (κ3) is 9.33. The first-order valence-corrected chi connectivity index (χ1v) is 21.5. The maximum Gasteiger partial charge on any atom is 0.433 e. The molecule has 62 heavy (non-hydrogen) atoms. The zero-order chi connectivity index (χ0) is 44.0. The van der Waals surface area contributed by atoms with Crippen LogP contribution in [0.2, 0.25) is 0 Å². The second kappa shape index (κ2) is 17.0. The van der Waals surface area contributed by atoms with Crippen molar-refractivity contribution in [3.63, 3.8) is 0 Å². The van der Waals surface area contributed by atoms with E-state index < -0.39 is 46.8 Å². The number of nitrogens with zero attached hydrogens (tertiary/aromatic N) is 6. The molecule has 4 aromatic rings. The van der Waals surface area contributed by atoms with Gasteiger partial charge in [-0.25, -0.2) is 14.2 Å². The Bertz CT molecular complexity index is 2350. The van der Waals surface area contributed by atoms with Crippen LogP contribution in [0.5, 0.6) is 0 Å². The summed E-state index contributed by atoms with van der Waals surface area (Å²) in [7, 11) is 0. The average Bonchev–Trinajstić information content (AvgIpc) is 3.66. The normalized spacial score (nSPS) is 19.6. The van der Waals surface area contributed by atoms with Crippen molar-refractivity contribution in [1.29, 1.82) is 0 Å². The number of halogens is 4. The van der Waals surface area contributed by atoms with Gasteiger partial charge in [0.1, 0.15) is 17.2 Å². The third-order valence-corrected chi connectivity index (χ3v) is 13.4. The van der Waals surface area contributed by atoms with Crippen LogP contribution in [-0.4, -0.2) is 92.7 Å². The molecule has 330 valence electrons. The van der Waals surface area contributed by atoms with Gasteiger partial charge in [-0.3, -0.25) is 29.3 Å². The minimum absolute atomic E-state index is 0.00628. The van der Waals surface area contributed by atoms with Gasteiger partial charge in [0, 0.05) is 67.5 Å². The van der Waals surface area contributed by atoms with Gasteiger partial charge in [-0.2, -0.15) is 18.3 Å². The summed E-state index contributed by atoms with van der Waals surface area (Å²) in [5.74, 6) is -1.39. The van der Waals surface area contributed by atoms with Gasteiger partial charge in [0.15, 0.2) is 0 Å². The zero-order valence-electron chi connectivity index (χ0n) is 34.9. The molecule has 0 atom stereocenters. The predicted octanol–water partition coefficient (Wildman–Crippen LogP) is 7.66. The quantitative estimate of drug-likeness (QED) is 0.145. The summed E-state index contributed by atoms with van der Waals surface area (Å²) in [5.41, 5.74) is -1.12. The Kier molecular flexibility index (Phi) is 11.9. The Labute approximate surface area is 356 Å². The number of urea groups is 1.